The molecule has 2 fully saturated rings. The molecular formula is C17H24N2O4. The summed E-state index contributed by atoms with van der Waals surface area (Å²) in [5, 5.41) is 0. The van der Waals surface area contributed by atoms with E-state index in [0.29, 0.717) is 13.2 Å². The first-order valence-corrected chi connectivity index (χ1v) is 8.27. The highest BCUT2D eigenvalue weighted by molar-refractivity contribution is 5.77. The average Bonchev–Trinajstić information content (AvgIpc) is 2.96. The number of ether oxygens (including phenoxy) is 3. The summed E-state index contributed by atoms with van der Waals surface area (Å²) in [6.45, 7) is 4.70. The molecule has 3 rings (SSSR count). The normalized spacial score (nSPS) is 23.2. The van der Waals surface area contributed by atoms with Gasteiger partial charge in [-0.3, -0.25) is 9.78 Å². The van der Waals surface area contributed by atoms with Crippen molar-refractivity contribution in [3.05, 3.63) is 24.5 Å². The summed E-state index contributed by atoms with van der Waals surface area (Å²) in [6, 6.07) is 3.77. The standard InChI is InChI=1S/C17H24N2O4/c1-2-21-13-16(20)19-8-5-17(6-9-19)10-15(12-22-17)23-14-4-3-7-18-11-14/h3-4,7,11,15H,2,5-6,8-10,12-13H2,1H3/t15-/m1/s1. The zero-order valence-electron chi connectivity index (χ0n) is 13.6. The minimum absolute atomic E-state index is 0.0601. The number of aromatic nitrogens is 1. The molecule has 0 bridgehead atoms. The second kappa shape index (κ2) is 7.27. The number of hydrogen-bond acceptors (Lipinski definition) is 5. The van der Waals surface area contributed by atoms with E-state index in [1.54, 1.807) is 12.4 Å². The second-order valence-corrected chi connectivity index (χ2v) is 6.14. The van der Waals surface area contributed by atoms with Crippen LogP contribution in [0.4, 0.5) is 0 Å². The molecule has 1 amide bonds. The largest absolute Gasteiger partial charge is 0.486 e. The average molecular weight is 320 g/mol. The molecule has 0 aliphatic carbocycles. The Morgan fingerprint density at radius 3 is 3.00 bits per heavy atom. The number of rotatable bonds is 5. The van der Waals surface area contributed by atoms with Crippen LogP contribution >= 0.6 is 0 Å². The summed E-state index contributed by atoms with van der Waals surface area (Å²) < 4.78 is 17.2. The van der Waals surface area contributed by atoms with E-state index in [9.17, 15) is 4.79 Å². The lowest BCUT2D eigenvalue weighted by atomic mass is 9.88. The minimum Gasteiger partial charge on any atom is -0.486 e. The van der Waals surface area contributed by atoms with Crippen molar-refractivity contribution in [3.8, 4) is 5.75 Å². The Balaban J connectivity index is 1.48. The molecule has 2 aliphatic heterocycles. The fourth-order valence-electron chi connectivity index (χ4n) is 3.28. The van der Waals surface area contributed by atoms with Gasteiger partial charge in [-0.2, -0.15) is 0 Å². The molecule has 0 aromatic carbocycles. The molecular weight excluding hydrogens is 296 g/mol. The van der Waals surface area contributed by atoms with Crippen molar-refractivity contribution in [2.24, 2.45) is 0 Å². The number of carbonyl (C=O) groups excluding carboxylic acids is 1. The van der Waals surface area contributed by atoms with Gasteiger partial charge >= 0.3 is 0 Å². The van der Waals surface area contributed by atoms with E-state index in [4.69, 9.17) is 14.2 Å². The van der Waals surface area contributed by atoms with E-state index in [0.717, 1.165) is 38.1 Å². The van der Waals surface area contributed by atoms with Crippen LogP contribution in [0.3, 0.4) is 0 Å². The van der Waals surface area contributed by atoms with Crippen molar-refractivity contribution >= 4 is 5.91 Å². The van der Waals surface area contributed by atoms with Gasteiger partial charge in [0.05, 0.1) is 18.4 Å². The first kappa shape index (κ1) is 16.2. The van der Waals surface area contributed by atoms with E-state index in [1.807, 2.05) is 24.0 Å². The minimum atomic E-state index is -0.144. The van der Waals surface area contributed by atoms with Crippen molar-refractivity contribution in [1.29, 1.82) is 0 Å². The molecule has 0 unspecified atom stereocenters. The number of amides is 1. The molecule has 1 atom stereocenters. The third-order valence-corrected chi connectivity index (χ3v) is 4.57. The molecule has 1 spiro atoms. The third-order valence-electron chi connectivity index (χ3n) is 4.57. The fourth-order valence-corrected chi connectivity index (χ4v) is 3.28. The zero-order chi connectivity index (χ0) is 16.1. The molecule has 2 aliphatic rings. The van der Waals surface area contributed by atoms with E-state index >= 15 is 0 Å². The van der Waals surface area contributed by atoms with E-state index in [-0.39, 0.29) is 24.2 Å². The Morgan fingerprint density at radius 2 is 2.30 bits per heavy atom. The van der Waals surface area contributed by atoms with Gasteiger partial charge in [-0.15, -0.1) is 0 Å². The highest BCUT2D eigenvalue weighted by Crippen LogP contribution is 2.37. The van der Waals surface area contributed by atoms with Crippen LogP contribution in [0.5, 0.6) is 5.75 Å². The van der Waals surface area contributed by atoms with Gasteiger partial charge in [-0.1, -0.05) is 0 Å². The quantitative estimate of drug-likeness (QED) is 0.825. The highest BCUT2D eigenvalue weighted by Gasteiger charge is 2.44. The summed E-state index contributed by atoms with van der Waals surface area (Å²) in [5.41, 5.74) is -0.144. The van der Waals surface area contributed by atoms with Gasteiger partial charge < -0.3 is 19.1 Å². The van der Waals surface area contributed by atoms with Crippen LogP contribution in [0.25, 0.3) is 0 Å². The highest BCUT2D eigenvalue weighted by atomic mass is 16.6. The number of nitrogens with zero attached hydrogens (tertiary/aromatic N) is 2. The summed E-state index contributed by atoms with van der Waals surface area (Å²) in [6.07, 6.45) is 6.10. The van der Waals surface area contributed by atoms with E-state index < -0.39 is 0 Å². The van der Waals surface area contributed by atoms with Crippen molar-refractivity contribution in [3.63, 3.8) is 0 Å². The molecule has 6 heteroatoms. The Morgan fingerprint density at radius 1 is 1.48 bits per heavy atom. The van der Waals surface area contributed by atoms with Crippen LogP contribution in [0.2, 0.25) is 0 Å². The first-order chi connectivity index (χ1) is 11.2. The summed E-state index contributed by atoms with van der Waals surface area (Å²) in [5.74, 6) is 0.852. The Bertz CT molecular complexity index is 515. The van der Waals surface area contributed by atoms with Crippen molar-refractivity contribution < 1.29 is 19.0 Å². The molecule has 1 aromatic heterocycles. The van der Waals surface area contributed by atoms with Gasteiger partial charge in [0.2, 0.25) is 5.91 Å². The Hall–Kier alpha value is -1.66. The van der Waals surface area contributed by atoms with E-state index in [1.165, 1.54) is 0 Å². The van der Waals surface area contributed by atoms with Crippen molar-refractivity contribution in [2.75, 3.05) is 32.9 Å². The van der Waals surface area contributed by atoms with Gasteiger partial charge in [0.15, 0.2) is 0 Å². The molecule has 0 N–H and O–H groups in total. The van der Waals surface area contributed by atoms with Crippen LogP contribution in [0, 0.1) is 0 Å². The fraction of sp³-hybridized carbons (Fsp3) is 0.647. The predicted octanol–water partition coefficient (Wildman–Crippen LogP) is 1.65. The van der Waals surface area contributed by atoms with Gasteiger partial charge in [0.1, 0.15) is 18.5 Å². The van der Waals surface area contributed by atoms with Gasteiger partial charge in [0.25, 0.3) is 0 Å². The van der Waals surface area contributed by atoms with Crippen LogP contribution < -0.4 is 4.74 Å². The zero-order valence-corrected chi connectivity index (χ0v) is 13.6. The lowest BCUT2D eigenvalue weighted by Gasteiger charge is -2.38. The lowest BCUT2D eigenvalue weighted by molar-refractivity contribution is -0.140. The number of piperidine rings is 1. The van der Waals surface area contributed by atoms with Crippen LogP contribution in [0.1, 0.15) is 26.2 Å². The Kier molecular flexibility index (Phi) is 5.13. The van der Waals surface area contributed by atoms with Crippen molar-refractivity contribution in [2.45, 2.75) is 37.9 Å². The monoisotopic (exact) mass is 320 g/mol. The number of pyridine rings is 1. The van der Waals surface area contributed by atoms with Crippen LogP contribution in [-0.2, 0) is 14.3 Å². The van der Waals surface area contributed by atoms with Crippen molar-refractivity contribution in [1.82, 2.24) is 9.88 Å². The molecule has 0 saturated carbocycles. The van der Waals surface area contributed by atoms with Gasteiger partial charge in [-0.25, -0.2) is 0 Å². The summed E-state index contributed by atoms with van der Waals surface area (Å²) in [4.78, 5) is 17.9. The predicted molar refractivity (Wildman–Crippen MR) is 84.3 cm³/mol. The molecule has 6 nitrogen and oxygen atoms in total. The van der Waals surface area contributed by atoms with Crippen LogP contribution in [-0.4, -0.2) is 60.4 Å². The smallest absolute Gasteiger partial charge is 0.248 e. The number of likely N-dealkylation sites (tertiary alicyclic amines) is 1. The van der Waals surface area contributed by atoms with Gasteiger partial charge in [-0.05, 0) is 31.9 Å². The summed E-state index contributed by atoms with van der Waals surface area (Å²) in [7, 11) is 0. The molecule has 2 saturated heterocycles. The topological polar surface area (TPSA) is 60.9 Å². The van der Waals surface area contributed by atoms with Crippen LogP contribution in [0.15, 0.2) is 24.5 Å². The molecule has 1 aromatic rings. The molecule has 3 heterocycles. The van der Waals surface area contributed by atoms with Gasteiger partial charge in [0, 0.05) is 32.3 Å². The second-order valence-electron chi connectivity index (χ2n) is 6.14. The third kappa shape index (κ3) is 4.00. The maximum absolute atomic E-state index is 12.0. The lowest BCUT2D eigenvalue weighted by Crippen LogP contribution is -2.47. The van der Waals surface area contributed by atoms with E-state index in [2.05, 4.69) is 4.98 Å². The summed E-state index contributed by atoms with van der Waals surface area (Å²) >= 11 is 0. The maximum atomic E-state index is 12.0. The number of hydrogen-bond donors (Lipinski definition) is 0. The molecule has 126 valence electrons. The number of carbonyl (C=O) groups is 1. The first-order valence-electron chi connectivity index (χ1n) is 8.27. The molecule has 23 heavy (non-hydrogen) atoms. The Labute approximate surface area is 136 Å². The SMILES string of the molecule is CCOCC(=O)N1CCC2(CC1)C[C@@H](Oc1cccnc1)CO2. The maximum Gasteiger partial charge on any atom is 0.248 e. The molecule has 0 radical (unpaired) electrons.